The van der Waals surface area contributed by atoms with Crippen LogP contribution in [-0.4, -0.2) is 64.8 Å². The smallest absolute Gasteiger partial charge is 0.264 e. The van der Waals surface area contributed by atoms with Crippen molar-refractivity contribution in [2.75, 3.05) is 23.9 Å². The van der Waals surface area contributed by atoms with Crippen LogP contribution in [-0.2, 0) is 21.7 Å². The van der Waals surface area contributed by atoms with Crippen molar-refractivity contribution in [3.63, 3.8) is 0 Å². The minimum atomic E-state index is -2.85. The number of nitrogens with one attached hydrogen (secondary N) is 1. The van der Waals surface area contributed by atoms with Crippen LogP contribution in [0, 0.1) is 5.92 Å². The van der Waals surface area contributed by atoms with Crippen LogP contribution >= 0.6 is 0 Å². The number of aliphatic hydroxyl groups is 1. The van der Waals surface area contributed by atoms with Crippen LogP contribution in [0.2, 0.25) is 18.6 Å². The molecule has 2 aliphatic rings. The topological polar surface area (TPSA) is 130 Å². The summed E-state index contributed by atoms with van der Waals surface area (Å²) in [4.78, 5) is 40.2. The molecule has 0 radical (unpaired) electrons. The molecule has 234 valence electrons. The average molecular weight is 626 g/mol. The standard InChI is InChI=1S/C34H39N5O5Si/c1-22-31(45(3,4)43)30(17-18-39-20-28(36-37-39)26(21-40)23-11-7-5-8-12-23)44-34(22)27-19-25(15-16-29(27)38(2)33(34)42)35-32(41)24-13-9-6-10-14-24/h5-16,19-20,22,26,30-31,40,43H,17-18,21H2,1-4H3,(H,35,41)/t22-,26?,30+,31-,34+/m0/s1. The first-order valence-corrected chi connectivity index (χ1v) is 18.3. The summed E-state index contributed by atoms with van der Waals surface area (Å²) in [6.45, 7) is 6.14. The molecule has 11 heteroatoms. The molecule has 3 aromatic carbocycles. The van der Waals surface area contributed by atoms with Crippen molar-refractivity contribution in [1.82, 2.24) is 15.0 Å². The Morgan fingerprint density at radius 3 is 2.44 bits per heavy atom. The summed E-state index contributed by atoms with van der Waals surface area (Å²) in [6, 6.07) is 24.1. The fourth-order valence-electron chi connectivity index (χ4n) is 7.22. The maximum Gasteiger partial charge on any atom is 0.264 e. The predicted octanol–water partition coefficient (Wildman–Crippen LogP) is 4.52. The Bertz CT molecular complexity index is 1690. The maximum absolute atomic E-state index is 14.1. The summed E-state index contributed by atoms with van der Waals surface area (Å²) >= 11 is 0. The lowest BCUT2D eigenvalue weighted by atomic mass is 9.82. The van der Waals surface area contributed by atoms with Gasteiger partial charge in [-0.3, -0.25) is 14.3 Å². The number of aryl methyl sites for hydroxylation is 1. The van der Waals surface area contributed by atoms with Gasteiger partial charge in [0.25, 0.3) is 11.8 Å². The highest BCUT2D eigenvalue weighted by molar-refractivity contribution is 6.71. The molecule has 6 rings (SSSR count). The van der Waals surface area contributed by atoms with Gasteiger partial charge in [-0.2, -0.15) is 0 Å². The second-order valence-electron chi connectivity index (χ2n) is 12.6. The van der Waals surface area contributed by atoms with Gasteiger partial charge in [0.2, 0.25) is 0 Å². The third-order valence-electron chi connectivity index (χ3n) is 9.35. The molecule has 1 spiro atoms. The SMILES string of the molecule is C[C@H]1[C@H]([Si](C)(C)O)[C@@H](CCn2cc(C(CO)c3ccccc3)nn2)O[C@]12C(=O)N(C)c1ccc(NC(=O)c3ccccc3)cc12. The number of hydrogen-bond acceptors (Lipinski definition) is 7. The first kappa shape index (κ1) is 30.8. The van der Waals surface area contributed by atoms with Crippen molar-refractivity contribution < 1.29 is 24.2 Å². The third kappa shape index (κ3) is 5.50. The number of rotatable bonds is 9. The Morgan fingerprint density at radius 2 is 1.78 bits per heavy atom. The highest BCUT2D eigenvalue weighted by Crippen LogP contribution is 2.59. The molecule has 45 heavy (non-hydrogen) atoms. The van der Waals surface area contributed by atoms with E-state index in [0.717, 1.165) is 11.3 Å². The molecule has 1 unspecified atom stereocenters. The largest absolute Gasteiger partial charge is 0.432 e. The van der Waals surface area contributed by atoms with Crippen molar-refractivity contribution in [3.8, 4) is 0 Å². The van der Waals surface area contributed by atoms with Crippen LogP contribution in [0.4, 0.5) is 11.4 Å². The van der Waals surface area contributed by atoms with Gasteiger partial charge in [-0.05, 0) is 55.4 Å². The Morgan fingerprint density at radius 1 is 1.09 bits per heavy atom. The van der Waals surface area contributed by atoms with Gasteiger partial charge in [-0.1, -0.05) is 60.7 Å². The number of ether oxygens (including phenoxy) is 1. The summed E-state index contributed by atoms with van der Waals surface area (Å²) < 4.78 is 8.58. The van der Waals surface area contributed by atoms with Gasteiger partial charge in [0.1, 0.15) is 0 Å². The maximum atomic E-state index is 14.1. The summed E-state index contributed by atoms with van der Waals surface area (Å²) in [6.07, 6.45) is 1.92. The molecular weight excluding hydrogens is 586 g/mol. The summed E-state index contributed by atoms with van der Waals surface area (Å²) in [5.74, 6) is -1.04. The lowest BCUT2D eigenvalue weighted by Crippen LogP contribution is -2.45. The van der Waals surface area contributed by atoms with E-state index in [2.05, 4.69) is 15.6 Å². The number of carbonyl (C=O) groups excluding carboxylic acids is 2. The van der Waals surface area contributed by atoms with Crippen molar-refractivity contribution in [2.24, 2.45) is 5.92 Å². The van der Waals surface area contributed by atoms with E-state index in [1.54, 1.807) is 34.8 Å². The molecule has 1 saturated heterocycles. The molecule has 2 amide bonds. The molecular formula is C34H39N5O5Si. The molecule has 5 atom stereocenters. The Hall–Kier alpha value is -4.16. The Kier molecular flexibility index (Phi) is 8.21. The van der Waals surface area contributed by atoms with Crippen LogP contribution in [0.1, 0.15) is 46.4 Å². The number of anilines is 2. The van der Waals surface area contributed by atoms with Gasteiger partial charge in [0, 0.05) is 48.1 Å². The highest BCUT2D eigenvalue weighted by Gasteiger charge is 2.65. The normalized spacial score (nSPS) is 23.4. The van der Waals surface area contributed by atoms with Gasteiger partial charge >= 0.3 is 0 Å². The molecule has 0 saturated carbocycles. The molecule has 3 N–H and O–H groups in total. The second kappa shape index (κ2) is 12.0. The molecule has 4 aromatic rings. The first-order chi connectivity index (χ1) is 21.5. The minimum absolute atomic E-state index is 0.0936. The van der Waals surface area contributed by atoms with Crippen molar-refractivity contribution >= 4 is 31.5 Å². The molecule has 10 nitrogen and oxygen atoms in total. The van der Waals surface area contributed by atoms with E-state index in [9.17, 15) is 19.5 Å². The molecule has 1 aromatic heterocycles. The molecule has 1 fully saturated rings. The van der Waals surface area contributed by atoms with E-state index >= 15 is 0 Å². The molecule has 3 heterocycles. The summed E-state index contributed by atoms with van der Waals surface area (Å²) in [5, 5.41) is 21.7. The van der Waals surface area contributed by atoms with Crippen molar-refractivity contribution in [2.45, 2.75) is 56.1 Å². The van der Waals surface area contributed by atoms with Crippen LogP contribution in [0.25, 0.3) is 0 Å². The van der Waals surface area contributed by atoms with Gasteiger partial charge in [-0.15, -0.1) is 5.10 Å². The van der Waals surface area contributed by atoms with E-state index in [0.29, 0.717) is 35.5 Å². The number of aromatic nitrogens is 3. The van der Waals surface area contributed by atoms with E-state index in [-0.39, 0.29) is 35.8 Å². The zero-order chi connectivity index (χ0) is 31.9. The third-order valence-corrected chi connectivity index (χ3v) is 11.9. The van der Waals surface area contributed by atoms with Crippen LogP contribution in [0.3, 0.4) is 0 Å². The number of carbonyl (C=O) groups is 2. The number of hydrogen-bond donors (Lipinski definition) is 3. The predicted molar refractivity (Wildman–Crippen MR) is 173 cm³/mol. The highest BCUT2D eigenvalue weighted by atomic mass is 28.4. The molecule has 2 aliphatic heterocycles. The van der Waals surface area contributed by atoms with Gasteiger partial charge < -0.3 is 24.9 Å². The van der Waals surface area contributed by atoms with E-state index in [4.69, 9.17) is 4.74 Å². The number of benzene rings is 3. The Balaban J connectivity index is 1.27. The van der Waals surface area contributed by atoms with Crippen molar-refractivity contribution in [1.29, 1.82) is 0 Å². The number of aliphatic hydroxyl groups excluding tert-OH is 1. The quantitative estimate of drug-likeness (QED) is 0.233. The number of nitrogens with zero attached hydrogens (tertiary/aromatic N) is 4. The average Bonchev–Trinajstić information content (AvgIpc) is 3.68. The number of likely N-dealkylation sites (N-methyl/N-ethyl adjacent to an activating group) is 1. The fourth-order valence-corrected chi connectivity index (χ4v) is 9.82. The van der Waals surface area contributed by atoms with Gasteiger partial charge in [0.05, 0.1) is 30.0 Å². The van der Waals surface area contributed by atoms with Gasteiger partial charge in [0.15, 0.2) is 13.9 Å². The lowest BCUT2D eigenvalue weighted by molar-refractivity contribution is -0.145. The minimum Gasteiger partial charge on any atom is -0.432 e. The van der Waals surface area contributed by atoms with Crippen molar-refractivity contribution in [3.05, 3.63) is 107 Å². The zero-order valence-corrected chi connectivity index (χ0v) is 26.9. The zero-order valence-electron chi connectivity index (χ0n) is 25.9. The van der Waals surface area contributed by atoms with E-state index < -0.39 is 20.0 Å². The Labute approximate surface area is 263 Å². The van der Waals surface area contributed by atoms with Crippen LogP contribution < -0.4 is 10.2 Å². The number of fused-ring (bicyclic) bond motifs is 2. The molecule has 0 bridgehead atoms. The second-order valence-corrected chi connectivity index (χ2v) is 16.6. The van der Waals surface area contributed by atoms with Gasteiger partial charge in [-0.25, -0.2) is 0 Å². The number of amides is 2. The van der Waals surface area contributed by atoms with E-state index in [1.807, 2.05) is 86.9 Å². The van der Waals surface area contributed by atoms with E-state index in [1.165, 1.54) is 0 Å². The summed E-state index contributed by atoms with van der Waals surface area (Å²) in [7, 11) is -1.11. The summed E-state index contributed by atoms with van der Waals surface area (Å²) in [5.41, 5.74) is 2.58. The molecule has 0 aliphatic carbocycles. The fraction of sp³-hybridized carbons (Fsp3) is 0.353. The lowest BCUT2D eigenvalue weighted by Gasteiger charge is -2.32. The van der Waals surface area contributed by atoms with Crippen LogP contribution in [0.5, 0.6) is 0 Å². The monoisotopic (exact) mass is 625 g/mol. The first-order valence-electron chi connectivity index (χ1n) is 15.3. The van der Waals surface area contributed by atoms with Crippen LogP contribution in [0.15, 0.2) is 85.1 Å².